The first-order chi connectivity index (χ1) is 15.1. The number of carbonyl (C=O) groups is 1. The Balaban J connectivity index is 1.98. The number of primary amides is 1. The summed E-state index contributed by atoms with van der Waals surface area (Å²) in [5.74, 6) is -0.233. The molecule has 1 aromatic carbocycles. The lowest BCUT2D eigenvalue weighted by Gasteiger charge is -2.33. The number of nitrogens with two attached hydrogens (primary N) is 1. The third-order valence-corrected chi connectivity index (χ3v) is 6.54. The van der Waals surface area contributed by atoms with Crippen LogP contribution in [0.2, 0.25) is 0 Å². The SMILES string of the molecule is C#[N+]N(C)/C=C(\CC)c1cc(C(N)=O)nc2cc(CN3CCSC(C(F)(F)F)C3)ccc12. The summed E-state index contributed by atoms with van der Waals surface area (Å²) in [6.07, 6.45) is -1.81. The molecule has 1 aromatic heterocycles. The molecule has 0 aliphatic carbocycles. The molecule has 10 heteroatoms. The van der Waals surface area contributed by atoms with Crippen LogP contribution in [-0.2, 0) is 6.54 Å². The van der Waals surface area contributed by atoms with Crippen LogP contribution in [0.3, 0.4) is 0 Å². The molecule has 2 aromatic rings. The first-order valence-corrected chi connectivity index (χ1v) is 11.2. The number of thioether (sulfide) groups is 1. The number of allylic oxidation sites excluding steroid dienone is 1. The van der Waals surface area contributed by atoms with Gasteiger partial charge in [0.15, 0.2) is 0 Å². The number of fused-ring (bicyclic) bond motifs is 1. The quantitative estimate of drug-likeness (QED) is 0.643. The first kappa shape index (κ1) is 23.9. The number of amides is 1. The van der Waals surface area contributed by atoms with E-state index in [0.29, 0.717) is 30.8 Å². The maximum Gasteiger partial charge on any atom is 0.401 e. The van der Waals surface area contributed by atoms with Crippen molar-refractivity contribution < 1.29 is 18.0 Å². The zero-order valence-electron chi connectivity index (χ0n) is 17.9. The molecule has 0 bridgehead atoms. The number of rotatable bonds is 6. The number of nitrogens with zero attached hydrogens (tertiary/aromatic N) is 4. The average Bonchev–Trinajstić information content (AvgIpc) is 2.76. The summed E-state index contributed by atoms with van der Waals surface area (Å²) in [4.78, 5) is 21.7. The minimum atomic E-state index is -4.22. The van der Waals surface area contributed by atoms with Gasteiger partial charge in [-0.1, -0.05) is 19.1 Å². The molecule has 1 aliphatic rings. The first-order valence-electron chi connectivity index (χ1n) is 10.1. The van der Waals surface area contributed by atoms with Crippen molar-refractivity contribution in [1.82, 2.24) is 14.9 Å². The van der Waals surface area contributed by atoms with Crippen LogP contribution < -0.4 is 5.73 Å². The number of carbonyl (C=O) groups excluding carboxylic acids is 1. The van der Waals surface area contributed by atoms with Gasteiger partial charge in [-0.3, -0.25) is 9.69 Å². The Morgan fingerprint density at radius 3 is 2.81 bits per heavy atom. The molecule has 0 radical (unpaired) electrons. The number of benzene rings is 1. The minimum Gasteiger partial charge on any atom is -0.364 e. The molecule has 2 N–H and O–H groups in total. The van der Waals surface area contributed by atoms with Crippen molar-refractivity contribution in [2.24, 2.45) is 5.73 Å². The van der Waals surface area contributed by atoms with Crippen molar-refractivity contribution in [2.75, 3.05) is 25.9 Å². The van der Waals surface area contributed by atoms with Gasteiger partial charge < -0.3 is 5.73 Å². The van der Waals surface area contributed by atoms with E-state index in [-0.39, 0.29) is 12.2 Å². The maximum atomic E-state index is 13.1. The molecule has 170 valence electrons. The molecule has 1 saturated heterocycles. The molecule has 1 unspecified atom stereocenters. The summed E-state index contributed by atoms with van der Waals surface area (Å²) >= 11 is 0.949. The maximum absolute atomic E-state index is 13.1. The van der Waals surface area contributed by atoms with Gasteiger partial charge in [0, 0.05) is 30.8 Å². The number of hydrogen-bond acceptors (Lipinski definition) is 5. The zero-order valence-corrected chi connectivity index (χ0v) is 18.7. The van der Waals surface area contributed by atoms with Crippen molar-refractivity contribution in [3.05, 3.63) is 52.2 Å². The fraction of sp³-hybridized carbons (Fsp3) is 0.409. The Hall–Kier alpha value is -2.77. The smallest absolute Gasteiger partial charge is 0.364 e. The molecule has 1 atom stereocenters. The summed E-state index contributed by atoms with van der Waals surface area (Å²) in [6.45, 7) is 8.19. The highest BCUT2D eigenvalue weighted by Crippen LogP contribution is 2.34. The molecule has 1 amide bonds. The van der Waals surface area contributed by atoms with Gasteiger partial charge in [-0.15, -0.1) is 11.8 Å². The second-order valence-electron chi connectivity index (χ2n) is 7.60. The highest BCUT2D eigenvalue weighted by molar-refractivity contribution is 8.00. The summed E-state index contributed by atoms with van der Waals surface area (Å²) in [6, 6.07) is 7.20. The van der Waals surface area contributed by atoms with E-state index in [0.717, 1.165) is 33.8 Å². The molecule has 0 saturated carbocycles. The van der Waals surface area contributed by atoms with Crippen molar-refractivity contribution in [2.45, 2.75) is 31.3 Å². The Kier molecular flexibility index (Phi) is 7.31. The molecule has 6 nitrogen and oxygen atoms in total. The van der Waals surface area contributed by atoms with Gasteiger partial charge in [0.1, 0.15) is 10.9 Å². The van der Waals surface area contributed by atoms with Crippen LogP contribution in [0.1, 0.15) is 35.0 Å². The lowest BCUT2D eigenvalue weighted by atomic mass is 9.97. The molecule has 1 fully saturated rings. The van der Waals surface area contributed by atoms with Crippen molar-refractivity contribution in [1.29, 1.82) is 0 Å². The predicted molar refractivity (Wildman–Crippen MR) is 122 cm³/mol. The molecule has 2 heterocycles. The number of alkyl halides is 3. The van der Waals surface area contributed by atoms with E-state index in [4.69, 9.17) is 12.3 Å². The Morgan fingerprint density at radius 2 is 2.19 bits per heavy atom. The number of halogens is 3. The van der Waals surface area contributed by atoms with Gasteiger partial charge in [-0.05, 0) is 40.3 Å². The van der Waals surface area contributed by atoms with Gasteiger partial charge in [0.05, 0.1) is 23.7 Å². The van der Waals surface area contributed by atoms with E-state index in [1.807, 2.05) is 19.1 Å². The second kappa shape index (κ2) is 9.79. The van der Waals surface area contributed by atoms with Crippen molar-refractivity contribution >= 4 is 34.1 Å². The number of aromatic nitrogens is 1. The third-order valence-electron chi connectivity index (χ3n) is 5.30. The Morgan fingerprint density at radius 1 is 1.44 bits per heavy atom. The fourth-order valence-electron chi connectivity index (χ4n) is 3.68. The lowest BCUT2D eigenvalue weighted by molar-refractivity contribution is -0.133. The van der Waals surface area contributed by atoms with Crippen LogP contribution in [0.4, 0.5) is 13.2 Å². The molecular formula is C22H25F3N5OS+. The van der Waals surface area contributed by atoms with Crippen LogP contribution in [0, 0.1) is 6.57 Å². The zero-order chi connectivity index (χ0) is 23.5. The van der Waals surface area contributed by atoms with Crippen LogP contribution in [0.25, 0.3) is 21.4 Å². The molecule has 32 heavy (non-hydrogen) atoms. The van der Waals surface area contributed by atoms with Crippen molar-refractivity contribution in [3.63, 3.8) is 0 Å². The van der Waals surface area contributed by atoms with Crippen LogP contribution >= 0.6 is 11.8 Å². The summed E-state index contributed by atoms with van der Waals surface area (Å²) in [7, 11) is 1.69. The molecule has 0 spiro atoms. The van der Waals surface area contributed by atoms with Crippen LogP contribution in [0.15, 0.2) is 30.5 Å². The number of hydrogen-bond donors (Lipinski definition) is 1. The third kappa shape index (κ3) is 5.53. The summed E-state index contributed by atoms with van der Waals surface area (Å²) < 4.78 is 39.4. The van der Waals surface area contributed by atoms with Gasteiger partial charge >= 0.3 is 12.7 Å². The molecule has 1 aliphatic heterocycles. The topological polar surface area (TPSA) is 66.8 Å². The highest BCUT2D eigenvalue weighted by atomic mass is 32.2. The van der Waals surface area contributed by atoms with Crippen LogP contribution in [0.5, 0.6) is 0 Å². The molecular weight excluding hydrogens is 439 g/mol. The van der Waals surface area contributed by atoms with Gasteiger partial charge in [0.25, 0.3) is 5.91 Å². The van der Waals surface area contributed by atoms with E-state index in [1.54, 1.807) is 30.3 Å². The van der Waals surface area contributed by atoms with Gasteiger partial charge in [-0.2, -0.15) is 13.2 Å². The summed E-state index contributed by atoms with van der Waals surface area (Å²) in [5, 5.41) is 0.888. The predicted octanol–water partition coefficient (Wildman–Crippen LogP) is 4.37. The molecule has 3 rings (SSSR count). The Bertz CT molecular complexity index is 1080. The van der Waals surface area contributed by atoms with Crippen LogP contribution in [-0.4, -0.2) is 58.1 Å². The highest BCUT2D eigenvalue weighted by Gasteiger charge is 2.42. The largest absolute Gasteiger partial charge is 0.401 e. The normalized spacial score (nSPS) is 17.9. The standard InChI is InChI=1S/C22H24F3N5OS/c1-4-15(12-29(3)27-2)17-10-19(21(26)31)28-18-9-14(5-6-16(17)18)11-30-7-8-32-20(13-30)22(23,24)25/h2,5-6,9-10,12,20H,4,7-8,11,13H2,1,3H3,(H-,26,31)/p+1/b15-12+. The van der Waals surface area contributed by atoms with E-state index < -0.39 is 17.3 Å². The lowest BCUT2D eigenvalue weighted by Crippen LogP contribution is -2.44. The summed E-state index contributed by atoms with van der Waals surface area (Å²) in [5.41, 5.74) is 8.65. The van der Waals surface area contributed by atoms with Gasteiger partial charge in [0.2, 0.25) is 0 Å². The fourth-order valence-corrected chi connectivity index (χ4v) is 4.83. The number of pyridine rings is 1. The van der Waals surface area contributed by atoms with Crippen molar-refractivity contribution in [3.8, 4) is 6.57 Å². The minimum absolute atomic E-state index is 0.0517. The average molecular weight is 465 g/mol. The van der Waals surface area contributed by atoms with E-state index >= 15 is 0 Å². The van der Waals surface area contributed by atoms with E-state index in [1.165, 1.54) is 5.01 Å². The van der Waals surface area contributed by atoms with E-state index in [9.17, 15) is 18.0 Å². The Labute approximate surface area is 189 Å². The monoisotopic (exact) mass is 464 g/mol. The second-order valence-corrected chi connectivity index (χ2v) is 8.91. The van der Waals surface area contributed by atoms with Gasteiger partial charge in [-0.25, -0.2) is 4.98 Å². The van der Waals surface area contributed by atoms with E-state index in [2.05, 4.69) is 9.94 Å².